The van der Waals surface area contributed by atoms with Crippen molar-refractivity contribution in [3.05, 3.63) is 95.6 Å². The van der Waals surface area contributed by atoms with Crippen LogP contribution in [0.1, 0.15) is 6.42 Å². The molecule has 0 N–H and O–H groups in total. The van der Waals surface area contributed by atoms with Gasteiger partial charge in [-0.2, -0.15) is 0 Å². The average molecular weight is 441 g/mol. The lowest BCUT2D eigenvalue weighted by Crippen LogP contribution is -2.17. The van der Waals surface area contributed by atoms with Gasteiger partial charge in [-0.15, -0.1) is 11.3 Å². The number of nitrogens with zero attached hydrogens (tertiary/aromatic N) is 4. The highest BCUT2D eigenvalue weighted by Gasteiger charge is 2.11. The quantitative estimate of drug-likeness (QED) is 0.316. The lowest BCUT2D eigenvalue weighted by molar-refractivity contribution is 0.415. The van der Waals surface area contributed by atoms with Crippen LogP contribution in [0.4, 0.5) is 5.69 Å². The molecule has 5 rings (SSSR count). The zero-order valence-electron chi connectivity index (χ0n) is 17.9. The SMILES string of the molecule is COc1cccc(N=c2scc(-c3cccc4ccccc34)n2CCCn2ccnc2)c1. The Balaban J connectivity index is 1.59. The summed E-state index contributed by atoms with van der Waals surface area (Å²) in [5, 5.41) is 4.72. The molecule has 2 aromatic heterocycles. The molecule has 2 heterocycles. The lowest BCUT2D eigenvalue weighted by Gasteiger charge is -2.12. The molecule has 0 spiro atoms. The summed E-state index contributed by atoms with van der Waals surface area (Å²) < 4.78 is 9.83. The van der Waals surface area contributed by atoms with Crippen molar-refractivity contribution >= 4 is 27.8 Å². The number of aryl methyl sites for hydroxylation is 1. The summed E-state index contributed by atoms with van der Waals surface area (Å²) in [6.45, 7) is 1.78. The third-order valence-electron chi connectivity index (χ3n) is 5.50. The summed E-state index contributed by atoms with van der Waals surface area (Å²) in [4.78, 5) is 10.1. The molecule has 0 aliphatic rings. The molecule has 6 heteroatoms. The molecule has 3 aromatic carbocycles. The average Bonchev–Trinajstić information content (AvgIpc) is 3.49. The van der Waals surface area contributed by atoms with Crippen molar-refractivity contribution in [2.75, 3.05) is 7.11 Å². The van der Waals surface area contributed by atoms with Gasteiger partial charge in [0, 0.05) is 42.5 Å². The van der Waals surface area contributed by atoms with E-state index in [2.05, 4.69) is 62.0 Å². The van der Waals surface area contributed by atoms with Crippen molar-refractivity contribution in [1.82, 2.24) is 14.1 Å². The Hall–Kier alpha value is -3.64. The Morgan fingerprint density at radius 1 is 1.00 bits per heavy atom. The fourth-order valence-electron chi connectivity index (χ4n) is 3.92. The van der Waals surface area contributed by atoms with Crippen molar-refractivity contribution in [3.63, 3.8) is 0 Å². The second-order valence-electron chi connectivity index (χ2n) is 7.55. The van der Waals surface area contributed by atoms with Crippen LogP contribution >= 0.6 is 11.3 Å². The van der Waals surface area contributed by atoms with Crippen LogP contribution in [0.15, 0.2) is 95.8 Å². The van der Waals surface area contributed by atoms with E-state index in [1.807, 2.05) is 43.0 Å². The highest BCUT2D eigenvalue weighted by Crippen LogP contribution is 2.29. The van der Waals surface area contributed by atoms with Gasteiger partial charge in [-0.3, -0.25) is 0 Å². The van der Waals surface area contributed by atoms with Gasteiger partial charge in [-0.05, 0) is 29.3 Å². The van der Waals surface area contributed by atoms with Gasteiger partial charge in [0.25, 0.3) is 0 Å². The first kappa shape index (κ1) is 20.3. The van der Waals surface area contributed by atoms with Crippen LogP contribution in [0.5, 0.6) is 5.75 Å². The van der Waals surface area contributed by atoms with Crippen LogP contribution in [-0.4, -0.2) is 21.2 Å². The normalized spacial score (nSPS) is 11.8. The molecule has 0 atom stereocenters. The van der Waals surface area contributed by atoms with Crippen molar-refractivity contribution in [2.24, 2.45) is 4.99 Å². The monoisotopic (exact) mass is 440 g/mol. The zero-order valence-corrected chi connectivity index (χ0v) is 18.7. The molecule has 0 fully saturated rings. The number of hydrogen-bond acceptors (Lipinski definition) is 4. The van der Waals surface area contributed by atoms with E-state index in [0.717, 1.165) is 35.7 Å². The predicted molar refractivity (Wildman–Crippen MR) is 130 cm³/mol. The first-order chi connectivity index (χ1) is 15.8. The van der Waals surface area contributed by atoms with E-state index in [9.17, 15) is 0 Å². The Morgan fingerprint density at radius 3 is 2.75 bits per heavy atom. The van der Waals surface area contributed by atoms with E-state index in [0.29, 0.717) is 0 Å². The van der Waals surface area contributed by atoms with Crippen molar-refractivity contribution in [2.45, 2.75) is 19.5 Å². The van der Waals surface area contributed by atoms with Crippen LogP contribution < -0.4 is 9.54 Å². The number of imidazole rings is 1. The van der Waals surface area contributed by atoms with Gasteiger partial charge in [0.05, 0.1) is 24.8 Å². The number of ether oxygens (including phenoxy) is 1. The maximum atomic E-state index is 5.38. The Bertz CT molecular complexity index is 1390. The fraction of sp³-hybridized carbons (Fsp3) is 0.154. The number of rotatable bonds is 7. The minimum Gasteiger partial charge on any atom is -0.497 e. The summed E-state index contributed by atoms with van der Waals surface area (Å²) in [5.41, 5.74) is 3.31. The third kappa shape index (κ3) is 4.22. The summed E-state index contributed by atoms with van der Waals surface area (Å²) in [7, 11) is 1.68. The molecule has 5 aromatic rings. The Labute approximate surface area is 190 Å². The smallest absolute Gasteiger partial charge is 0.190 e. The van der Waals surface area contributed by atoms with Gasteiger partial charge in [0.2, 0.25) is 0 Å². The van der Waals surface area contributed by atoms with Gasteiger partial charge in [-0.1, -0.05) is 48.5 Å². The molecule has 5 nitrogen and oxygen atoms in total. The fourth-order valence-corrected chi connectivity index (χ4v) is 4.87. The van der Waals surface area contributed by atoms with Crippen LogP contribution in [0, 0.1) is 0 Å². The van der Waals surface area contributed by atoms with E-state index < -0.39 is 0 Å². The number of thiazole rings is 1. The first-order valence-corrected chi connectivity index (χ1v) is 11.5. The molecule has 0 saturated carbocycles. The molecule has 32 heavy (non-hydrogen) atoms. The second-order valence-corrected chi connectivity index (χ2v) is 8.39. The van der Waals surface area contributed by atoms with E-state index in [-0.39, 0.29) is 0 Å². The van der Waals surface area contributed by atoms with Crippen LogP contribution in [0.3, 0.4) is 0 Å². The number of methoxy groups -OCH3 is 1. The lowest BCUT2D eigenvalue weighted by atomic mass is 10.0. The molecular weight excluding hydrogens is 416 g/mol. The summed E-state index contributed by atoms with van der Waals surface area (Å²) >= 11 is 1.67. The molecule has 0 unspecified atom stereocenters. The molecule has 0 saturated heterocycles. The maximum Gasteiger partial charge on any atom is 0.190 e. The molecule has 0 amide bonds. The minimum atomic E-state index is 0.809. The van der Waals surface area contributed by atoms with Crippen LogP contribution in [0.2, 0.25) is 0 Å². The van der Waals surface area contributed by atoms with Gasteiger partial charge < -0.3 is 13.9 Å². The molecule has 160 valence electrons. The Morgan fingerprint density at radius 2 is 1.88 bits per heavy atom. The molecule has 0 aliphatic heterocycles. The van der Waals surface area contributed by atoms with Gasteiger partial charge in [-0.25, -0.2) is 9.98 Å². The highest BCUT2D eigenvalue weighted by molar-refractivity contribution is 7.07. The number of hydrogen-bond donors (Lipinski definition) is 0. The molecule has 0 radical (unpaired) electrons. The summed E-state index contributed by atoms with van der Waals surface area (Å²) in [5.74, 6) is 0.809. The van der Waals surface area contributed by atoms with E-state index in [4.69, 9.17) is 9.73 Å². The summed E-state index contributed by atoms with van der Waals surface area (Å²) in [6, 6.07) is 22.9. The summed E-state index contributed by atoms with van der Waals surface area (Å²) in [6.07, 6.45) is 6.68. The first-order valence-electron chi connectivity index (χ1n) is 10.6. The van der Waals surface area contributed by atoms with Crippen molar-refractivity contribution in [3.8, 4) is 17.0 Å². The topological polar surface area (TPSA) is 44.3 Å². The molecular formula is C26H24N4OS. The van der Waals surface area contributed by atoms with E-state index in [1.54, 1.807) is 18.4 Å². The molecule has 0 aliphatic carbocycles. The van der Waals surface area contributed by atoms with Crippen molar-refractivity contribution < 1.29 is 4.74 Å². The number of aromatic nitrogens is 3. The standard InChI is InChI=1S/C26H24N4OS/c1-31-22-10-5-9-21(17-22)28-26-30(15-6-14-29-16-13-27-19-29)25(18-32-26)24-12-4-8-20-7-2-3-11-23(20)24/h2-5,7-13,16-19H,6,14-15H2,1H3. The largest absolute Gasteiger partial charge is 0.497 e. The molecule has 0 bridgehead atoms. The minimum absolute atomic E-state index is 0.809. The zero-order chi connectivity index (χ0) is 21.8. The highest BCUT2D eigenvalue weighted by atomic mass is 32.1. The van der Waals surface area contributed by atoms with Crippen LogP contribution in [0.25, 0.3) is 22.0 Å². The maximum absolute atomic E-state index is 5.38. The third-order valence-corrected chi connectivity index (χ3v) is 6.36. The number of benzene rings is 3. The van der Waals surface area contributed by atoms with E-state index in [1.165, 1.54) is 22.0 Å². The van der Waals surface area contributed by atoms with Gasteiger partial charge >= 0.3 is 0 Å². The second kappa shape index (κ2) is 9.24. The van der Waals surface area contributed by atoms with Gasteiger partial charge in [0.1, 0.15) is 5.75 Å². The van der Waals surface area contributed by atoms with Crippen molar-refractivity contribution in [1.29, 1.82) is 0 Å². The van der Waals surface area contributed by atoms with E-state index >= 15 is 0 Å². The predicted octanol–water partition coefficient (Wildman–Crippen LogP) is 5.90. The van der Waals surface area contributed by atoms with Gasteiger partial charge in [0.15, 0.2) is 4.80 Å². The Kier molecular flexibility index (Phi) is 5.85. The van der Waals surface area contributed by atoms with Crippen LogP contribution in [-0.2, 0) is 13.1 Å². The number of fused-ring (bicyclic) bond motifs is 1.